The average molecular weight is 416 g/mol. The van der Waals surface area contributed by atoms with Gasteiger partial charge >= 0.3 is 0 Å². The summed E-state index contributed by atoms with van der Waals surface area (Å²) in [5, 5.41) is 7.34. The Morgan fingerprint density at radius 2 is 2.12 bits per heavy atom. The van der Waals surface area contributed by atoms with Crippen LogP contribution in [-0.4, -0.2) is 41.7 Å². The van der Waals surface area contributed by atoms with Crippen molar-refractivity contribution in [3.8, 4) is 11.4 Å². The van der Waals surface area contributed by atoms with E-state index in [4.69, 9.17) is 4.52 Å². The summed E-state index contributed by atoms with van der Waals surface area (Å²) in [6.07, 6.45) is 3.79. The molecule has 0 aliphatic carbocycles. The smallest absolute Gasteiger partial charge is 0.241 e. The van der Waals surface area contributed by atoms with Gasteiger partial charge in [-0.2, -0.15) is 4.98 Å². The number of nitrogens with one attached hydrogen (secondary N) is 1. The molecule has 1 N–H and O–H groups in total. The van der Waals surface area contributed by atoms with E-state index in [1.165, 1.54) is 19.3 Å². The summed E-state index contributed by atoms with van der Waals surface area (Å²) in [6.45, 7) is 4.09. The van der Waals surface area contributed by atoms with Crippen LogP contribution in [0.4, 0.5) is 0 Å². The number of benzene rings is 1. The molecular formula is C17H24BrClN4O. The average Bonchev–Trinajstić information content (AvgIpc) is 3.03. The third-order valence-corrected chi connectivity index (χ3v) is 4.91. The van der Waals surface area contributed by atoms with E-state index in [1.54, 1.807) is 0 Å². The summed E-state index contributed by atoms with van der Waals surface area (Å²) in [6, 6.07) is 7.96. The largest absolute Gasteiger partial charge is 0.338 e. The molecule has 24 heavy (non-hydrogen) atoms. The van der Waals surface area contributed by atoms with E-state index in [-0.39, 0.29) is 12.4 Å². The Kier molecular flexibility index (Phi) is 7.68. The first kappa shape index (κ1) is 19.4. The topological polar surface area (TPSA) is 54.2 Å². The number of halogens is 2. The molecule has 0 bridgehead atoms. The van der Waals surface area contributed by atoms with E-state index < -0.39 is 0 Å². The van der Waals surface area contributed by atoms with Crippen LogP contribution < -0.4 is 5.32 Å². The third-order valence-electron chi connectivity index (χ3n) is 4.42. The minimum atomic E-state index is 0. The van der Waals surface area contributed by atoms with Crippen LogP contribution >= 0.6 is 28.3 Å². The molecule has 0 amide bonds. The maximum atomic E-state index is 5.43. The minimum Gasteiger partial charge on any atom is -0.338 e. The fourth-order valence-corrected chi connectivity index (χ4v) is 3.44. The van der Waals surface area contributed by atoms with Crippen LogP contribution in [0, 0.1) is 5.92 Å². The van der Waals surface area contributed by atoms with Crippen molar-refractivity contribution in [1.29, 1.82) is 0 Å². The Morgan fingerprint density at radius 3 is 2.83 bits per heavy atom. The maximum absolute atomic E-state index is 5.43. The van der Waals surface area contributed by atoms with Crippen molar-refractivity contribution in [2.45, 2.75) is 25.8 Å². The van der Waals surface area contributed by atoms with Gasteiger partial charge in [0.1, 0.15) is 0 Å². The fraction of sp³-hybridized carbons (Fsp3) is 0.529. The van der Waals surface area contributed by atoms with Crippen molar-refractivity contribution in [2.75, 3.05) is 26.7 Å². The quantitative estimate of drug-likeness (QED) is 0.779. The molecule has 1 saturated heterocycles. The highest BCUT2D eigenvalue weighted by Gasteiger charge is 2.20. The molecule has 1 fully saturated rings. The summed E-state index contributed by atoms with van der Waals surface area (Å²) in [4.78, 5) is 6.94. The zero-order valence-electron chi connectivity index (χ0n) is 13.9. The third kappa shape index (κ3) is 5.28. The van der Waals surface area contributed by atoms with Crippen LogP contribution in [0.3, 0.4) is 0 Å². The first-order chi connectivity index (χ1) is 11.2. The summed E-state index contributed by atoms with van der Waals surface area (Å²) < 4.78 is 6.44. The number of nitrogens with zero attached hydrogens (tertiary/aromatic N) is 3. The zero-order chi connectivity index (χ0) is 16.1. The van der Waals surface area contributed by atoms with Crippen LogP contribution in [0.1, 0.15) is 25.2 Å². The van der Waals surface area contributed by atoms with Gasteiger partial charge in [-0.1, -0.05) is 33.2 Å². The molecule has 0 saturated carbocycles. The van der Waals surface area contributed by atoms with Crippen LogP contribution in [0.5, 0.6) is 0 Å². The first-order valence-corrected chi connectivity index (χ1v) is 8.99. The predicted octanol–water partition coefficient (Wildman–Crippen LogP) is 3.74. The number of hydrogen-bond donors (Lipinski definition) is 1. The Labute approximate surface area is 157 Å². The molecule has 7 heteroatoms. The van der Waals surface area contributed by atoms with Crippen molar-refractivity contribution in [1.82, 2.24) is 20.4 Å². The normalized spacial score (nSPS) is 16.1. The Morgan fingerprint density at radius 1 is 1.33 bits per heavy atom. The Balaban J connectivity index is 0.00000208. The Hall–Kier alpha value is -0.950. The molecule has 0 atom stereocenters. The van der Waals surface area contributed by atoms with E-state index in [1.807, 2.05) is 31.3 Å². The lowest BCUT2D eigenvalue weighted by Gasteiger charge is -2.30. The van der Waals surface area contributed by atoms with Gasteiger partial charge in [0.15, 0.2) is 0 Å². The molecule has 1 aromatic carbocycles. The summed E-state index contributed by atoms with van der Waals surface area (Å²) in [7, 11) is 2.02. The van der Waals surface area contributed by atoms with Gasteiger partial charge in [-0.15, -0.1) is 12.4 Å². The molecule has 2 heterocycles. The van der Waals surface area contributed by atoms with E-state index >= 15 is 0 Å². The van der Waals surface area contributed by atoms with Gasteiger partial charge in [0.2, 0.25) is 11.7 Å². The summed E-state index contributed by atoms with van der Waals surface area (Å²) in [5.74, 6) is 2.21. The molecule has 0 radical (unpaired) electrons. The second-order valence-electron chi connectivity index (χ2n) is 6.13. The fourth-order valence-electron chi connectivity index (χ4n) is 3.04. The standard InChI is InChI=1S/C17H23BrN4O.ClH/c1-19-8-5-13-6-9-22(10-7-13)12-16-20-17(21-23-16)14-3-2-4-15(18)11-14;/h2-4,11,13,19H,5-10,12H2,1H3;1H. The predicted molar refractivity (Wildman–Crippen MR) is 101 cm³/mol. The van der Waals surface area contributed by atoms with E-state index in [2.05, 4.69) is 36.3 Å². The molecule has 1 aromatic heterocycles. The highest BCUT2D eigenvalue weighted by atomic mass is 79.9. The summed E-state index contributed by atoms with van der Waals surface area (Å²) >= 11 is 3.47. The second kappa shape index (κ2) is 9.51. The van der Waals surface area contributed by atoms with Crippen LogP contribution in [0.2, 0.25) is 0 Å². The molecule has 5 nitrogen and oxygen atoms in total. The highest BCUT2D eigenvalue weighted by Crippen LogP contribution is 2.23. The summed E-state index contributed by atoms with van der Waals surface area (Å²) in [5.41, 5.74) is 0.972. The highest BCUT2D eigenvalue weighted by molar-refractivity contribution is 9.10. The maximum Gasteiger partial charge on any atom is 0.241 e. The molecule has 0 spiro atoms. The Bertz CT molecular complexity index is 629. The van der Waals surface area contributed by atoms with Crippen molar-refractivity contribution < 1.29 is 4.52 Å². The molecule has 132 valence electrons. The van der Waals surface area contributed by atoms with Gasteiger partial charge in [-0.3, -0.25) is 4.90 Å². The lowest BCUT2D eigenvalue weighted by atomic mass is 9.93. The number of piperidine rings is 1. The van der Waals surface area contributed by atoms with E-state index in [0.717, 1.165) is 42.1 Å². The molecule has 3 rings (SSSR count). The van der Waals surface area contributed by atoms with Crippen LogP contribution in [0.25, 0.3) is 11.4 Å². The van der Waals surface area contributed by atoms with Gasteiger partial charge in [-0.05, 0) is 64.0 Å². The monoisotopic (exact) mass is 414 g/mol. The number of rotatable bonds is 6. The van der Waals surface area contributed by atoms with E-state index in [0.29, 0.717) is 11.7 Å². The van der Waals surface area contributed by atoms with Gasteiger partial charge in [0.25, 0.3) is 0 Å². The van der Waals surface area contributed by atoms with Crippen molar-refractivity contribution in [2.24, 2.45) is 5.92 Å². The van der Waals surface area contributed by atoms with Gasteiger partial charge in [-0.25, -0.2) is 0 Å². The number of likely N-dealkylation sites (tertiary alicyclic amines) is 1. The van der Waals surface area contributed by atoms with Crippen molar-refractivity contribution >= 4 is 28.3 Å². The minimum absolute atomic E-state index is 0. The van der Waals surface area contributed by atoms with E-state index in [9.17, 15) is 0 Å². The van der Waals surface area contributed by atoms with Crippen LogP contribution in [0.15, 0.2) is 33.3 Å². The van der Waals surface area contributed by atoms with Crippen LogP contribution in [-0.2, 0) is 6.54 Å². The molecule has 1 aliphatic rings. The van der Waals surface area contributed by atoms with Gasteiger partial charge in [0, 0.05) is 10.0 Å². The van der Waals surface area contributed by atoms with Gasteiger partial charge in [0.05, 0.1) is 6.54 Å². The molecule has 2 aromatic rings. The zero-order valence-corrected chi connectivity index (χ0v) is 16.3. The van der Waals surface area contributed by atoms with Gasteiger partial charge < -0.3 is 9.84 Å². The lowest BCUT2D eigenvalue weighted by molar-refractivity contribution is 0.155. The van der Waals surface area contributed by atoms with Crippen molar-refractivity contribution in [3.63, 3.8) is 0 Å². The second-order valence-corrected chi connectivity index (χ2v) is 7.05. The molecule has 0 unspecified atom stereocenters. The molecule has 1 aliphatic heterocycles. The lowest BCUT2D eigenvalue weighted by Crippen LogP contribution is -2.34. The number of aromatic nitrogens is 2. The van der Waals surface area contributed by atoms with Crippen molar-refractivity contribution in [3.05, 3.63) is 34.6 Å². The molecular weight excluding hydrogens is 392 g/mol. The number of hydrogen-bond acceptors (Lipinski definition) is 5. The first-order valence-electron chi connectivity index (χ1n) is 8.20. The SMILES string of the molecule is CNCCC1CCN(Cc2nc(-c3cccc(Br)c3)no2)CC1.Cl.